The van der Waals surface area contributed by atoms with Crippen LogP contribution < -0.4 is 9.62 Å². The number of carbonyl (C=O) groups excluding carboxylic acids is 2. The molecule has 0 aromatic heterocycles. The molecule has 1 aliphatic carbocycles. The second-order valence-corrected chi connectivity index (χ2v) is 14.7. The van der Waals surface area contributed by atoms with Gasteiger partial charge in [-0.25, -0.2) is 8.42 Å². The quantitative estimate of drug-likeness (QED) is 0.166. The summed E-state index contributed by atoms with van der Waals surface area (Å²) in [4.78, 5) is 30.3. The van der Waals surface area contributed by atoms with E-state index in [1.54, 1.807) is 12.1 Å². The summed E-state index contributed by atoms with van der Waals surface area (Å²) in [5, 5.41) is 3.62. The van der Waals surface area contributed by atoms with Crippen molar-refractivity contribution < 1.29 is 18.0 Å². The van der Waals surface area contributed by atoms with Gasteiger partial charge in [-0.3, -0.25) is 13.9 Å². The van der Waals surface area contributed by atoms with Crippen LogP contribution in [0.2, 0.25) is 10.0 Å². The highest BCUT2D eigenvalue weighted by Crippen LogP contribution is 2.31. The number of nitrogens with one attached hydrogen (secondary N) is 1. The molecule has 47 heavy (non-hydrogen) atoms. The van der Waals surface area contributed by atoms with Gasteiger partial charge in [0, 0.05) is 19.0 Å². The molecule has 0 bridgehead atoms. The standard InChI is InChI=1S/C37H39Cl2N3O4S/c1-27-17-20-32(21-18-27)47(45,46)42(31-19-22-33(38)34(39)24-31)26-36(43)41(25-29-13-7-3-8-14-29)35(23-28-11-5-2-6-12-28)37(44)40-30-15-9-4-10-16-30/h2-3,5-8,11-14,17-22,24,30,35H,4,9-10,15-16,23,25-26H2,1H3,(H,40,44)/t35-/m0/s1. The van der Waals surface area contributed by atoms with Crippen LogP contribution in [0.5, 0.6) is 0 Å². The number of hydrogen-bond acceptors (Lipinski definition) is 4. The van der Waals surface area contributed by atoms with Crippen LogP contribution in [0.4, 0.5) is 5.69 Å². The van der Waals surface area contributed by atoms with E-state index in [1.807, 2.05) is 67.6 Å². The van der Waals surface area contributed by atoms with E-state index in [-0.39, 0.29) is 45.5 Å². The monoisotopic (exact) mass is 691 g/mol. The number of carbonyl (C=O) groups is 2. The molecule has 0 saturated heterocycles. The van der Waals surface area contributed by atoms with Crippen molar-refractivity contribution >= 4 is 50.7 Å². The number of amides is 2. The van der Waals surface area contributed by atoms with Gasteiger partial charge < -0.3 is 10.2 Å². The minimum absolute atomic E-state index is 0.0208. The summed E-state index contributed by atoms with van der Waals surface area (Å²) in [6, 6.07) is 29.0. The molecule has 1 saturated carbocycles. The molecule has 0 radical (unpaired) electrons. The Labute approximate surface area is 287 Å². The molecule has 7 nitrogen and oxygen atoms in total. The molecular weight excluding hydrogens is 653 g/mol. The highest BCUT2D eigenvalue weighted by atomic mass is 35.5. The molecule has 1 N–H and O–H groups in total. The van der Waals surface area contributed by atoms with E-state index in [0.717, 1.165) is 53.1 Å². The van der Waals surface area contributed by atoms with Gasteiger partial charge in [0.1, 0.15) is 12.6 Å². The van der Waals surface area contributed by atoms with Crippen molar-refractivity contribution in [1.82, 2.24) is 10.2 Å². The van der Waals surface area contributed by atoms with Crippen LogP contribution in [0, 0.1) is 6.92 Å². The number of anilines is 1. The van der Waals surface area contributed by atoms with Crippen molar-refractivity contribution in [3.63, 3.8) is 0 Å². The summed E-state index contributed by atoms with van der Waals surface area (Å²) < 4.78 is 29.5. The van der Waals surface area contributed by atoms with E-state index >= 15 is 0 Å². The maximum Gasteiger partial charge on any atom is 0.264 e. The van der Waals surface area contributed by atoms with E-state index in [2.05, 4.69) is 5.32 Å². The number of sulfonamides is 1. The van der Waals surface area contributed by atoms with E-state index in [9.17, 15) is 18.0 Å². The first-order valence-electron chi connectivity index (χ1n) is 15.8. The van der Waals surface area contributed by atoms with Crippen molar-refractivity contribution in [2.24, 2.45) is 0 Å². The molecule has 0 heterocycles. The summed E-state index contributed by atoms with van der Waals surface area (Å²) in [6.07, 6.45) is 5.24. The molecule has 1 atom stereocenters. The first kappa shape index (κ1) is 34.5. The Balaban J connectivity index is 1.56. The molecule has 0 unspecified atom stereocenters. The first-order valence-corrected chi connectivity index (χ1v) is 18.0. The summed E-state index contributed by atoms with van der Waals surface area (Å²) in [6.45, 7) is 1.40. The maximum atomic E-state index is 14.6. The van der Waals surface area contributed by atoms with Crippen LogP contribution in [-0.4, -0.2) is 43.8 Å². The first-order chi connectivity index (χ1) is 22.6. The van der Waals surface area contributed by atoms with Crippen molar-refractivity contribution in [1.29, 1.82) is 0 Å². The Bertz CT molecular complexity index is 1760. The fraction of sp³-hybridized carbons (Fsp3) is 0.297. The lowest BCUT2D eigenvalue weighted by Gasteiger charge is -2.35. The normalized spacial score (nSPS) is 14.3. The number of rotatable bonds is 12. The van der Waals surface area contributed by atoms with Crippen molar-refractivity contribution in [2.45, 2.75) is 69.0 Å². The third-order valence-corrected chi connectivity index (χ3v) is 11.0. The molecule has 1 fully saturated rings. The van der Waals surface area contributed by atoms with Crippen molar-refractivity contribution in [3.8, 4) is 0 Å². The van der Waals surface area contributed by atoms with Crippen LogP contribution in [0.15, 0.2) is 108 Å². The maximum absolute atomic E-state index is 14.6. The number of hydrogen-bond donors (Lipinski definition) is 1. The topological polar surface area (TPSA) is 86.8 Å². The zero-order valence-corrected chi connectivity index (χ0v) is 28.6. The number of halogens is 2. The molecule has 246 valence electrons. The fourth-order valence-electron chi connectivity index (χ4n) is 5.88. The van der Waals surface area contributed by atoms with Gasteiger partial charge >= 0.3 is 0 Å². The Morgan fingerprint density at radius 3 is 2.04 bits per heavy atom. The summed E-state index contributed by atoms with van der Waals surface area (Å²) in [5.41, 5.74) is 2.77. The van der Waals surface area contributed by atoms with Crippen LogP contribution in [0.1, 0.15) is 48.8 Å². The van der Waals surface area contributed by atoms with E-state index in [4.69, 9.17) is 23.2 Å². The van der Waals surface area contributed by atoms with Crippen LogP contribution in [0.3, 0.4) is 0 Å². The third kappa shape index (κ3) is 8.95. The molecular formula is C37H39Cl2N3O4S. The van der Waals surface area contributed by atoms with Gasteiger partial charge in [-0.05, 0) is 61.2 Å². The van der Waals surface area contributed by atoms with Gasteiger partial charge in [0.25, 0.3) is 10.0 Å². The van der Waals surface area contributed by atoms with E-state index < -0.39 is 28.5 Å². The van der Waals surface area contributed by atoms with Crippen molar-refractivity contribution in [3.05, 3.63) is 130 Å². The predicted octanol–water partition coefficient (Wildman–Crippen LogP) is 7.59. The molecule has 2 amide bonds. The number of benzene rings is 4. The van der Waals surface area contributed by atoms with Crippen molar-refractivity contribution in [2.75, 3.05) is 10.8 Å². The Kier molecular flexibility index (Phi) is 11.6. The average Bonchev–Trinajstić information content (AvgIpc) is 3.08. The Morgan fingerprint density at radius 2 is 1.43 bits per heavy atom. The zero-order chi connectivity index (χ0) is 33.4. The summed E-state index contributed by atoms with van der Waals surface area (Å²) in [7, 11) is -4.25. The molecule has 0 aliphatic heterocycles. The van der Waals surface area contributed by atoms with E-state index in [1.165, 1.54) is 35.2 Å². The van der Waals surface area contributed by atoms with Gasteiger partial charge in [0.05, 0.1) is 20.6 Å². The minimum Gasteiger partial charge on any atom is -0.352 e. The predicted molar refractivity (Wildman–Crippen MR) is 188 cm³/mol. The second kappa shape index (κ2) is 15.8. The molecule has 5 rings (SSSR count). The zero-order valence-electron chi connectivity index (χ0n) is 26.3. The molecule has 4 aromatic rings. The lowest BCUT2D eigenvalue weighted by atomic mass is 9.94. The number of nitrogens with zero attached hydrogens (tertiary/aromatic N) is 2. The lowest BCUT2D eigenvalue weighted by Crippen LogP contribution is -2.55. The third-order valence-electron chi connectivity index (χ3n) is 8.50. The largest absolute Gasteiger partial charge is 0.352 e. The smallest absolute Gasteiger partial charge is 0.264 e. The minimum atomic E-state index is -4.25. The summed E-state index contributed by atoms with van der Waals surface area (Å²) in [5.74, 6) is -0.789. The van der Waals surface area contributed by atoms with Gasteiger partial charge in [-0.15, -0.1) is 0 Å². The Morgan fingerprint density at radius 1 is 0.809 bits per heavy atom. The van der Waals surface area contributed by atoms with Gasteiger partial charge in [-0.2, -0.15) is 0 Å². The highest BCUT2D eigenvalue weighted by molar-refractivity contribution is 7.92. The molecule has 1 aliphatic rings. The SMILES string of the molecule is Cc1ccc(S(=O)(=O)N(CC(=O)N(Cc2ccccc2)[C@@H](Cc2ccccc2)C(=O)NC2CCCCC2)c2ccc(Cl)c(Cl)c2)cc1. The van der Waals surface area contributed by atoms with Crippen LogP contribution in [-0.2, 0) is 32.6 Å². The average molecular weight is 693 g/mol. The highest BCUT2D eigenvalue weighted by Gasteiger charge is 2.35. The van der Waals surface area contributed by atoms with Crippen LogP contribution in [0.25, 0.3) is 0 Å². The fourth-order valence-corrected chi connectivity index (χ4v) is 7.58. The number of aryl methyl sites for hydroxylation is 1. The van der Waals surface area contributed by atoms with Gasteiger partial charge in [-0.1, -0.05) is 121 Å². The molecule has 10 heteroatoms. The lowest BCUT2D eigenvalue weighted by molar-refractivity contribution is -0.140. The second-order valence-electron chi connectivity index (χ2n) is 12.0. The molecule has 0 spiro atoms. The van der Waals surface area contributed by atoms with Crippen LogP contribution >= 0.6 is 23.2 Å². The van der Waals surface area contributed by atoms with Gasteiger partial charge in [0.15, 0.2) is 0 Å². The van der Waals surface area contributed by atoms with Gasteiger partial charge in [0.2, 0.25) is 11.8 Å². The summed E-state index contributed by atoms with van der Waals surface area (Å²) >= 11 is 12.5. The van der Waals surface area contributed by atoms with E-state index in [0.29, 0.717) is 0 Å². The molecule has 4 aromatic carbocycles. The Hall–Kier alpha value is -3.85.